The van der Waals surface area contributed by atoms with Crippen LogP contribution in [0.1, 0.15) is 88.7 Å². The number of hydrogen-bond acceptors (Lipinski definition) is 2. The normalized spacial score (nSPS) is 13.8. The van der Waals surface area contributed by atoms with Gasteiger partial charge in [0.2, 0.25) is 0 Å². The number of rotatable bonds is 14. The maximum Gasteiger partial charge on any atom is 0.144 e. The lowest BCUT2D eigenvalue weighted by Crippen LogP contribution is -2.11. The van der Waals surface area contributed by atoms with E-state index in [2.05, 4.69) is 62.4 Å². The van der Waals surface area contributed by atoms with Gasteiger partial charge in [-0.15, -0.1) is 0 Å². The predicted octanol–water partition coefficient (Wildman–Crippen LogP) is 7.55. The molecule has 1 unspecified atom stereocenters. The number of carbonyl (C=O) groups is 1. The summed E-state index contributed by atoms with van der Waals surface area (Å²) in [6.45, 7) is 6.35. The van der Waals surface area contributed by atoms with Gasteiger partial charge in [-0.1, -0.05) is 94.5 Å². The summed E-state index contributed by atoms with van der Waals surface area (Å²) in [6.07, 6.45) is 10.2. The van der Waals surface area contributed by atoms with Crippen LogP contribution in [-0.4, -0.2) is 19.0 Å². The zero-order valence-corrected chi connectivity index (χ0v) is 18.9. The van der Waals surface area contributed by atoms with Gasteiger partial charge in [-0.3, -0.25) is 4.79 Å². The average molecular weight is 407 g/mol. The van der Waals surface area contributed by atoms with Gasteiger partial charge in [0.1, 0.15) is 5.78 Å². The molecule has 1 aliphatic rings. The second-order valence-electron chi connectivity index (χ2n) is 8.89. The minimum atomic E-state index is -0.0647. The zero-order chi connectivity index (χ0) is 21.2. The van der Waals surface area contributed by atoms with Gasteiger partial charge in [0.25, 0.3) is 0 Å². The maximum absolute atomic E-state index is 13.1. The lowest BCUT2D eigenvalue weighted by molar-refractivity contribution is -0.119. The average Bonchev–Trinajstić information content (AvgIpc) is 3.10. The standard InChI is InChI=1S/C28H38O2/c1-3-4-20-30-21-19-22(2)13-7-5-6-8-18-27(29)28-25-16-11-9-14-23(25)24-15-10-12-17-26(24)28/h9-12,14-17,22,28H,3-8,13,18-21H2,1-2H3. The summed E-state index contributed by atoms with van der Waals surface area (Å²) in [7, 11) is 0. The van der Waals surface area contributed by atoms with Crippen LogP contribution in [0.5, 0.6) is 0 Å². The molecule has 2 nitrogen and oxygen atoms in total. The summed E-state index contributed by atoms with van der Waals surface area (Å²) in [5, 5.41) is 0. The molecular formula is C28H38O2. The van der Waals surface area contributed by atoms with E-state index in [1.165, 1.54) is 60.8 Å². The Kier molecular flexibility index (Phi) is 9.14. The van der Waals surface area contributed by atoms with Gasteiger partial charge in [-0.2, -0.15) is 0 Å². The summed E-state index contributed by atoms with van der Waals surface area (Å²) in [4.78, 5) is 13.1. The third kappa shape index (κ3) is 6.04. The fraction of sp³-hybridized carbons (Fsp3) is 0.536. The van der Waals surface area contributed by atoms with Crippen molar-refractivity contribution in [3.8, 4) is 11.1 Å². The number of hydrogen-bond donors (Lipinski definition) is 0. The molecule has 162 valence electrons. The van der Waals surface area contributed by atoms with Gasteiger partial charge >= 0.3 is 0 Å². The highest BCUT2D eigenvalue weighted by Crippen LogP contribution is 2.45. The molecule has 0 bridgehead atoms. The fourth-order valence-corrected chi connectivity index (χ4v) is 4.57. The van der Waals surface area contributed by atoms with Gasteiger partial charge in [-0.25, -0.2) is 0 Å². The van der Waals surface area contributed by atoms with E-state index in [4.69, 9.17) is 4.74 Å². The van der Waals surface area contributed by atoms with Crippen LogP contribution in [0.25, 0.3) is 11.1 Å². The van der Waals surface area contributed by atoms with Gasteiger partial charge in [-0.05, 0) is 47.4 Å². The third-order valence-corrected chi connectivity index (χ3v) is 6.42. The molecule has 2 heteroatoms. The number of ketones is 1. The van der Waals surface area contributed by atoms with Crippen LogP contribution in [0.3, 0.4) is 0 Å². The fourth-order valence-electron chi connectivity index (χ4n) is 4.57. The molecule has 0 saturated heterocycles. The molecule has 0 aromatic heterocycles. The molecule has 30 heavy (non-hydrogen) atoms. The Morgan fingerprint density at radius 3 is 2.13 bits per heavy atom. The molecule has 0 fully saturated rings. The van der Waals surface area contributed by atoms with Crippen LogP contribution < -0.4 is 0 Å². The summed E-state index contributed by atoms with van der Waals surface area (Å²) < 4.78 is 5.68. The molecular weight excluding hydrogens is 368 g/mol. The van der Waals surface area contributed by atoms with Crippen molar-refractivity contribution in [3.63, 3.8) is 0 Å². The lowest BCUT2D eigenvalue weighted by Gasteiger charge is -2.13. The molecule has 0 heterocycles. The Bertz CT molecular complexity index is 749. The molecule has 0 radical (unpaired) electrons. The van der Waals surface area contributed by atoms with Crippen molar-refractivity contribution in [2.45, 2.75) is 77.6 Å². The Labute approximate surface area is 183 Å². The largest absolute Gasteiger partial charge is 0.381 e. The second-order valence-corrected chi connectivity index (χ2v) is 8.89. The van der Waals surface area contributed by atoms with E-state index in [1.54, 1.807) is 0 Å². The van der Waals surface area contributed by atoms with Crippen LogP contribution in [0.15, 0.2) is 48.5 Å². The van der Waals surface area contributed by atoms with Crippen LogP contribution in [0.4, 0.5) is 0 Å². The predicted molar refractivity (Wildman–Crippen MR) is 126 cm³/mol. The monoisotopic (exact) mass is 406 g/mol. The molecule has 2 aromatic carbocycles. The summed E-state index contributed by atoms with van der Waals surface area (Å²) in [5.41, 5.74) is 4.86. The highest BCUT2D eigenvalue weighted by molar-refractivity contribution is 5.97. The van der Waals surface area contributed by atoms with Gasteiger partial charge in [0, 0.05) is 19.6 Å². The minimum absolute atomic E-state index is 0.0647. The first-order valence-corrected chi connectivity index (χ1v) is 12.0. The van der Waals surface area contributed by atoms with Crippen molar-refractivity contribution in [2.75, 3.05) is 13.2 Å². The van der Waals surface area contributed by atoms with E-state index < -0.39 is 0 Å². The summed E-state index contributed by atoms with van der Waals surface area (Å²) in [6, 6.07) is 16.8. The van der Waals surface area contributed by atoms with Crippen molar-refractivity contribution < 1.29 is 9.53 Å². The maximum atomic E-state index is 13.1. The number of fused-ring (bicyclic) bond motifs is 3. The van der Waals surface area contributed by atoms with Crippen molar-refractivity contribution in [2.24, 2.45) is 5.92 Å². The zero-order valence-electron chi connectivity index (χ0n) is 18.9. The molecule has 2 aromatic rings. The SMILES string of the molecule is CCCCOCCC(C)CCCCCCC(=O)C1c2ccccc2-c2ccccc21. The topological polar surface area (TPSA) is 26.3 Å². The van der Waals surface area contributed by atoms with E-state index in [0.29, 0.717) is 12.2 Å². The Hall–Kier alpha value is -1.93. The third-order valence-electron chi connectivity index (χ3n) is 6.42. The first-order valence-electron chi connectivity index (χ1n) is 12.0. The van der Waals surface area contributed by atoms with Gasteiger partial charge < -0.3 is 4.74 Å². The van der Waals surface area contributed by atoms with E-state index in [-0.39, 0.29) is 5.92 Å². The molecule has 1 aliphatic carbocycles. The van der Waals surface area contributed by atoms with Crippen LogP contribution in [0, 0.1) is 5.92 Å². The highest BCUT2D eigenvalue weighted by atomic mass is 16.5. The number of unbranched alkanes of at least 4 members (excludes halogenated alkanes) is 4. The van der Waals surface area contributed by atoms with Crippen molar-refractivity contribution in [3.05, 3.63) is 59.7 Å². The first-order chi connectivity index (χ1) is 14.7. The molecule has 0 saturated carbocycles. The van der Waals surface area contributed by atoms with E-state index in [9.17, 15) is 4.79 Å². The minimum Gasteiger partial charge on any atom is -0.381 e. The Balaban J connectivity index is 1.36. The lowest BCUT2D eigenvalue weighted by atomic mass is 9.89. The van der Waals surface area contributed by atoms with E-state index in [0.717, 1.165) is 32.0 Å². The molecule has 1 atom stereocenters. The van der Waals surface area contributed by atoms with Crippen molar-refractivity contribution >= 4 is 5.78 Å². The van der Waals surface area contributed by atoms with Gasteiger partial charge in [0.05, 0.1) is 5.92 Å². The molecule has 0 N–H and O–H groups in total. The summed E-state index contributed by atoms with van der Waals surface area (Å²) in [5.74, 6) is 1.05. The van der Waals surface area contributed by atoms with Crippen LogP contribution in [0.2, 0.25) is 0 Å². The smallest absolute Gasteiger partial charge is 0.144 e. The van der Waals surface area contributed by atoms with Crippen LogP contribution in [-0.2, 0) is 9.53 Å². The van der Waals surface area contributed by atoms with Crippen molar-refractivity contribution in [1.29, 1.82) is 0 Å². The van der Waals surface area contributed by atoms with Crippen LogP contribution >= 0.6 is 0 Å². The highest BCUT2D eigenvalue weighted by Gasteiger charge is 2.32. The molecule has 3 rings (SSSR count). The molecule has 0 spiro atoms. The number of carbonyl (C=O) groups excluding carboxylic acids is 1. The number of ether oxygens (including phenoxy) is 1. The Morgan fingerprint density at radius 2 is 1.47 bits per heavy atom. The van der Waals surface area contributed by atoms with E-state index in [1.807, 2.05) is 0 Å². The van der Waals surface area contributed by atoms with Crippen molar-refractivity contribution in [1.82, 2.24) is 0 Å². The summed E-state index contributed by atoms with van der Waals surface area (Å²) >= 11 is 0. The van der Waals surface area contributed by atoms with E-state index >= 15 is 0 Å². The number of benzene rings is 2. The molecule has 0 aliphatic heterocycles. The Morgan fingerprint density at radius 1 is 0.833 bits per heavy atom. The molecule has 0 amide bonds. The van der Waals surface area contributed by atoms with Gasteiger partial charge in [0.15, 0.2) is 0 Å². The second kappa shape index (κ2) is 12.1. The number of Topliss-reactive ketones (excluding diaryl/α,β-unsaturated/α-hetero) is 1. The first kappa shape index (κ1) is 22.7. The quantitative estimate of drug-likeness (QED) is 0.303.